The van der Waals surface area contributed by atoms with Crippen molar-refractivity contribution in [3.63, 3.8) is 0 Å². The minimum atomic E-state index is 0.568. The molecule has 3 nitrogen and oxygen atoms in total. The van der Waals surface area contributed by atoms with Gasteiger partial charge >= 0.3 is 0 Å². The average Bonchev–Trinajstić information content (AvgIpc) is 3.09. The molecule has 18 heavy (non-hydrogen) atoms. The van der Waals surface area contributed by atoms with Crippen molar-refractivity contribution in [2.24, 2.45) is 5.92 Å². The van der Waals surface area contributed by atoms with Crippen molar-refractivity contribution in [3.8, 4) is 0 Å². The van der Waals surface area contributed by atoms with Crippen molar-refractivity contribution >= 4 is 0 Å². The molecule has 1 unspecified atom stereocenters. The van der Waals surface area contributed by atoms with E-state index < -0.39 is 0 Å². The zero-order chi connectivity index (χ0) is 13.0. The van der Waals surface area contributed by atoms with Crippen LogP contribution in [0.4, 0.5) is 0 Å². The molecule has 1 atom stereocenters. The lowest BCUT2D eigenvalue weighted by Gasteiger charge is -2.13. The molecule has 0 aromatic carbocycles. The summed E-state index contributed by atoms with van der Waals surface area (Å²) in [5.41, 5.74) is 1.24. The molecular formula is C15H27N3. The number of hydrogen-bond acceptors (Lipinski definition) is 2. The number of nitrogens with zero attached hydrogens (tertiary/aromatic N) is 2. The van der Waals surface area contributed by atoms with E-state index in [0.29, 0.717) is 12.0 Å². The Morgan fingerprint density at radius 3 is 2.72 bits per heavy atom. The molecule has 1 saturated carbocycles. The Morgan fingerprint density at radius 1 is 1.39 bits per heavy atom. The van der Waals surface area contributed by atoms with Crippen LogP contribution in [0, 0.1) is 5.92 Å². The quantitative estimate of drug-likeness (QED) is 0.767. The Labute approximate surface area is 111 Å². The molecule has 1 aromatic heterocycles. The van der Waals surface area contributed by atoms with E-state index in [1.165, 1.54) is 18.5 Å². The third-order valence-electron chi connectivity index (χ3n) is 3.87. The molecule has 3 heteroatoms. The van der Waals surface area contributed by atoms with E-state index in [9.17, 15) is 0 Å². The van der Waals surface area contributed by atoms with Crippen LogP contribution in [-0.2, 0) is 6.42 Å². The standard InChI is InChI=1S/C15H27N3/c1-4-15(5-2)18-9-8-14(17-18)10-12(3)11-16-13-6-7-13/h8-9,12-13,15-16H,4-7,10-11H2,1-3H3. The smallest absolute Gasteiger partial charge is 0.0627 e. The number of rotatable bonds is 8. The Hall–Kier alpha value is -0.830. The summed E-state index contributed by atoms with van der Waals surface area (Å²) >= 11 is 0. The topological polar surface area (TPSA) is 29.9 Å². The van der Waals surface area contributed by atoms with Gasteiger partial charge in [0.2, 0.25) is 0 Å². The highest BCUT2D eigenvalue weighted by molar-refractivity contribution is 5.01. The molecular weight excluding hydrogens is 222 g/mol. The fraction of sp³-hybridized carbons (Fsp3) is 0.800. The van der Waals surface area contributed by atoms with E-state index in [0.717, 1.165) is 31.8 Å². The van der Waals surface area contributed by atoms with Gasteiger partial charge in [-0.25, -0.2) is 0 Å². The van der Waals surface area contributed by atoms with Crippen LogP contribution < -0.4 is 5.32 Å². The van der Waals surface area contributed by atoms with E-state index in [1.54, 1.807) is 0 Å². The van der Waals surface area contributed by atoms with Crippen molar-refractivity contribution in [2.45, 2.75) is 65.0 Å². The summed E-state index contributed by atoms with van der Waals surface area (Å²) in [6, 6.07) is 3.57. The molecule has 1 aliphatic rings. The summed E-state index contributed by atoms with van der Waals surface area (Å²) in [5, 5.41) is 8.32. The second-order valence-electron chi connectivity index (χ2n) is 5.75. The van der Waals surface area contributed by atoms with E-state index in [4.69, 9.17) is 5.10 Å². The predicted molar refractivity (Wildman–Crippen MR) is 75.7 cm³/mol. The average molecular weight is 249 g/mol. The summed E-state index contributed by atoms with van der Waals surface area (Å²) < 4.78 is 2.15. The number of aromatic nitrogens is 2. The summed E-state index contributed by atoms with van der Waals surface area (Å²) in [4.78, 5) is 0. The lowest BCUT2D eigenvalue weighted by molar-refractivity contribution is 0.421. The lowest BCUT2D eigenvalue weighted by Crippen LogP contribution is -2.24. The fourth-order valence-electron chi connectivity index (χ4n) is 2.44. The zero-order valence-corrected chi connectivity index (χ0v) is 12.0. The summed E-state index contributed by atoms with van der Waals surface area (Å²) in [5.74, 6) is 0.677. The molecule has 1 heterocycles. The summed E-state index contributed by atoms with van der Waals surface area (Å²) in [6.45, 7) is 7.91. The first-order valence-corrected chi connectivity index (χ1v) is 7.50. The van der Waals surface area contributed by atoms with Gasteiger partial charge in [-0.1, -0.05) is 20.8 Å². The van der Waals surface area contributed by atoms with Crippen molar-refractivity contribution < 1.29 is 0 Å². The minimum Gasteiger partial charge on any atom is -0.314 e. The lowest BCUT2D eigenvalue weighted by atomic mass is 10.1. The maximum absolute atomic E-state index is 4.72. The van der Waals surface area contributed by atoms with Crippen molar-refractivity contribution in [1.29, 1.82) is 0 Å². The van der Waals surface area contributed by atoms with Crippen LogP contribution in [0.2, 0.25) is 0 Å². The molecule has 1 aromatic rings. The van der Waals surface area contributed by atoms with Gasteiger partial charge in [0.15, 0.2) is 0 Å². The molecule has 1 N–H and O–H groups in total. The third-order valence-corrected chi connectivity index (χ3v) is 3.87. The fourth-order valence-corrected chi connectivity index (χ4v) is 2.44. The van der Waals surface area contributed by atoms with Crippen molar-refractivity contribution in [3.05, 3.63) is 18.0 Å². The van der Waals surface area contributed by atoms with Gasteiger partial charge in [-0.15, -0.1) is 0 Å². The van der Waals surface area contributed by atoms with Crippen LogP contribution in [0.1, 0.15) is 58.2 Å². The Morgan fingerprint density at radius 2 is 2.11 bits per heavy atom. The molecule has 102 valence electrons. The molecule has 0 aliphatic heterocycles. The Kier molecular flexibility index (Phi) is 4.81. The van der Waals surface area contributed by atoms with Crippen molar-refractivity contribution in [2.75, 3.05) is 6.54 Å². The molecule has 0 bridgehead atoms. The van der Waals surface area contributed by atoms with Crippen LogP contribution >= 0.6 is 0 Å². The van der Waals surface area contributed by atoms with E-state index >= 15 is 0 Å². The SMILES string of the molecule is CCC(CC)n1ccc(CC(C)CNC2CC2)n1. The van der Waals surface area contributed by atoms with E-state index in [1.807, 2.05) is 0 Å². The maximum atomic E-state index is 4.72. The van der Waals surface area contributed by atoms with Crippen LogP contribution in [0.3, 0.4) is 0 Å². The second-order valence-corrected chi connectivity index (χ2v) is 5.75. The van der Waals surface area contributed by atoms with E-state index in [-0.39, 0.29) is 0 Å². The monoisotopic (exact) mass is 249 g/mol. The highest BCUT2D eigenvalue weighted by Crippen LogP contribution is 2.19. The number of hydrogen-bond donors (Lipinski definition) is 1. The van der Waals surface area contributed by atoms with Crippen LogP contribution in [0.15, 0.2) is 12.3 Å². The van der Waals surface area contributed by atoms with Gasteiger partial charge in [0.25, 0.3) is 0 Å². The first-order valence-electron chi connectivity index (χ1n) is 7.50. The van der Waals surface area contributed by atoms with Gasteiger partial charge in [-0.05, 0) is 50.6 Å². The zero-order valence-electron chi connectivity index (χ0n) is 12.0. The van der Waals surface area contributed by atoms with Crippen LogP contribution in [0.25, 0.3) is 0 Å². The summed E-state index contributed by atoms with van der Waals surface area (Å²) in [6.07, 6.45) is 8.31. The first-order chi connectivity index (χ1) is 8.72. The van der Waals surface area contributed by atoms with Crippen LogP contribution in [0.5, 0.6) is 0 Å². The molecule has 0 spiro atoms. The Bertz CT molecular complexity index is 350. The maximum Gasteiger partial charge on any atom is 0.0627 e. The molecule has 1 aliphatic carbocycles. The minimum absolute atomic E-state index is 0.568. The summed E-state index contributed by atoms with van der Waals surface area (Å²) in [7, 11) is 0. The third kappa shape index (κ3) is 3.84. The van der Waals surface area contributed by atoms with Gasteiger partial charge in [-0.2, -0.15) is 5.10 Å². The van der Waals surface area contributed by atoms with E-state index in [2.05, 4.69) is 43.0 Å². The van der Waals surface area contributed by atoms with Gasteiger partial charge < -0.3 is 5.32 Å². The van der Waals surface area contributed by atoms with Crippen molar-refractivity contribution in [1.82, 2.24) is 15.1 Å². The van der Waals surface area contributed by atoms with Gasteiger partial charge in [-0.3, -0.25) is 4.68 Å². The molecule has 0 saturated heterocycles. The van der Waals surface area contributed by atoms with Crippen LogP contribution in [-0.4, -0.2) is 22.4 Å². The highest BCUT2D eigenvalue weighted by atomic mass is 15.3. The molecule has 1 fully saturated rings. The van der Waals surface area contributed by atoms with Gasteiger partial charge in [0.1, 0.15) is 0 Å². The van der Waals surface area contributed by atoms with Gasteiger partial charge in [0.05, 0.1) is 11.7 Å². The van der Waals surface area contributed by atoms with Gasteiger partial charge in [0, 0.05) is 12.2 Å². The highest BCUT2D eigenvalue weighted by Gasteiger charge is 2.21. The normalized spacial score (nSPS) is 17.3. The molecule has 0 radical (unpaired) electrons. The molecule has 2 rings (SSSR count). The second kappa shape index (κ2) is 6.37. The Balaban J connectivity index is 1.80. The first kappa shape index (κ1) is 13.6. The largest absolute Gasteiger partial charge is 0.314 e. The predicted octanol–water partition coefficient (Wildman–Crippen LogP) is 3.17. The molecule has 0 amide bonds. The number of nitrogens with one attached hydrogen (secondary N) is 1.